The second kappa shape index (κ2) is 9.56. The summed E-state index contributed by atoms with van der Waals surface area (Å²) in [6.07, 6.45) is 0.835. The number of hydrogen-bond donors (Lipinski definition) is 2. The first-order valence-electron chi connectivity index (χ1n) is 10.7. The monoisotopic (exact) mass is 429 g/mol. The molecule has 0 aliphatic carbocycles. The quantitative estimate of drug-likeness (QED) is 0.617. The Kier molecular flexibility index (Phi) is 6.40. The maximum atomic E-state index is 13.0. The van der Waals surface area contributed by atoms with Crippen molar-refractivity contribution in [3.05, 3.63) is 94.5 Å². The van der Waals surface area contributed by atoms with E-state index in [2.05, 4.69) is 10.6 Å². The third-order valence-electron chi connectivity index (χ3n) is 5.63. The van der Waals surface area contributed by atoms with Gasteiger partial charge in [-0.05, 0) is 60.4 Å². The molecule has 32 heavy (non-hydrogen) atoms. The van der Waals surface area contributed by atoms with Crippen LogP contribution in [0.15, 0.2) is 66.7 Å². The number of aryl methyl sites for hydroxylation is 1. The first-order chi connectivity index (χ1) is 15.5. The van der Waals surface area contributed by atoms with E-state index in [1.54, 1.807) is 7.11 Å². The summed E-state index contributed by atoms with van der Waals surface area (Å²) < 4.78 is 5.21. The van der Waals surface area contributed by atoms with Gasteiger partial charge in [-0.15, -0.1) is 0 Å². The molecule has 0 spiro atoms. The lowest BCUT2D eigenvalue weighted by molar-refractivity contribution is 0.0989. The molecule has 0 saturated carbocycles. The fourth-order valence-electron chi connectivity index (χ4n) is 3.81. The molecule has 0 atom stereocenters. The van der Waals surface area contributed by atoms with E-state index in [0.29, 0.717) is 25.2 Å². The fourth-order valence-corrected chi connectivity index (χ4v) is 3.81. The molecule has 0 aromatic heterocycles. The van der Waals surface area contributed by atoms with Crippen LogP contribution in [0.3, 0.4) is 0 Å². The molecule has 1 heterocycles. The van der Waals surface area contributed by atoms with Gasteiger partial charge in [-0.1, -0.05) is 42.0 Å². The molecule has 0 unspecified atom stereocenters. The van der Waals surface area contributed by atoms with E-state index in [-0.39, 0.29) is 11.9 Å². The second-order valence-electron chi connectivity index (χ2n) is 7.92. The number of carbonyl (C=O) groups is 2. The minimum absolute atomic E-state index is 0.00453. The molecule has 3 aromatic rings. The van der Waals surface area contributed by atoms with Crippen LogP contribution in [0, 0.1) is 6.92 Å². The van der Waals surface area contributed by atoms with Crippen LogP contribution < -0.4 is 20.3 Å². The molecule has 3 amide bonds. The number of benzene rings is 3. The summed E-state index contributed by atoms with van der Waals surface area (Å²) in [5, 5.41) is 5.74. The van der Waals surface area contributed by atoms with Gasteiger partial charge in [-0.25, -0.2) is 4.79 Å². The lowest BCUT2D eigenvalue weighted by Gasteiger charge is -2.18. The van der Waals surface area contributed by atoms with Crippen molar-refractivity contribution in [2.75, 3.05) is 18.6 Å². The Labute approximate surface area is 188 Å². The van der Waals surface area contributed by atoms with Gasteiger partial charge in [-0.2, -0.15) is 0 Å². The number of rotatable bonds is 6. The predicted molar refractivity (Wildman–Crippen MR) is 125 cm³/mol. The van der Waals surface area contributed by atoms with Crippen molar-refractivity contribution in [2.24, 2.45) is 0 Å². The number of fused-ring (bicyclic) bond motifs is 1. The number of methoxy groups -OCH3 is 1. The summed E-state index contributed by atoms with van der Waals surface area (Å²) in [6, 6.07) is 21.0. The Hall–Kier alpha value is -3.80. The van der Waals surface area contributed by atoms with E-state index in [1.165, 1.54) is 0 Å². The van der Waals surface area contributed by atoms with Crippen LogP contribution in [-0.4, -0.2) is 25.6 Å². The highest BCUT2D eigenvalue weighted by atomic mass is 16.5. The van der Waals surface area contributed by atoms with Crippen LogP contribution >= 0.6 is 0 Å². The molecular formula is C26H27N3O3. The van der Waals surface area contributed by atoms with E-state index in [1.807, 2.05) is 78.6 Å². The van der Waals surface area contributed by atoms with Gasteiger partial charge in [-0.3, -0.25) is 4.79 Å². The number of hydrogen-bond acceptors (Lipinski definition) is 3. The van der Waals surface area contributed by atoms with Crippen molar-refractivity contribution >= 4 is 17.6 Å². The molecule has 0 bridgehead atoms. The highest BCUT2D eigenvalue weighted by molar-refractivity contribution is 6.07. The third-order valence-corrected chi connectivity index (χ3v) is 5.63. The van der Waals surface area contributed by atoms with Crippen LogP contribution in [0.2, 0.25) is 0 Å². The molecule has 0 radical (unpaired) electrons. The number of anilines is 1. The molecule has 0 saturated heterocycles. The largest absolute Gasteiger partial charge is 0.497 e. The number of ether oxygens (including phenoxy) is 1. The molecule has 1 aliphatic rings. The number of amides is 3. The number of nitrogens with one attached hydrogen (secondary N) is 2. The first-order valence-corrected chi connectivity index (χ1v) is 10.7. The number of nitrogens with zero attached hydrogens (tertiary/aromatic N) is 1. The molecule has 6 nitrogen and oxygen atoms in total. The average molecular weight is 430 g/mol. The highest BCUT2D eigenvalue weighted by Gasteiger charge is 2.25. The maximum absolute atomic E-state index is 13.0. The molecule has 4 rings (SSSR count). The van der Waals surface area contributed by atoms with E-state index in [9.17, 15) is 9.59 Å². The lowest BCUT2D eigenvalue weighted by atomic mass is 10.1. The van der Waals surface area contributed by atoms with Crippen LogP contribution in [0.5, 0.6) is 5.75 Å². The summed E-state index contributed by atoms with van der Waals surface area (Å²) in [5.41, 5.74) is 5.79. The Morgan fingerprint density at radius 2 is 1.66 bits per heavy atom. The summed E-state index contributed by atoms with van der Waals surface area (Å²) >= 11 is 0. The van der Waals surface area contributed by atoms with E-state index in [0.717, 1.165) is 40.1 Å². The summed E-state index contributed by atoms with van der Waals surface area (Å²) in [5.74, 6) is 0.762. The van der Waals surface area contributed by atoms with Crippen molar-refractivity contribution in [2.45, 2.75) is 26.4 Å². The van der Waals surface area contributed by atoms with Gasteiger partial charge in [0, 0.05) is 30.9 Å². The van der Waals surface area contributed by atoms with Gasteiger partial charge < -0.3 is 20.3 Å². The molecule has 0 fully saturated rings. The Morgan fingerprint density at radius 1 is 0.938 bits per heavy atom. The maximum Gasteiger partial charge on any atom is 0.315 e. The zero-order valence-corrected chi connectivity index (χ0v) is 18.4. The Balaban J connectivity index is 1.36. The van der Waals surface area contributed by atoms with Crippen LogP contribution in [-0.2, 0) is 19.5 Å². The second-order valence-corrected chi connectivity index (χ2v) is 7.92. The van der Waals surface area contributed by atoms with Gasteiger partial charge in [0.25, 0.3) is 5.91 Å². The first kappa shape index (κ1) is 21.4. The van der Waals surface area contributed by atoms with Gasteiger partial charge in [0.05, 0.1) is 7.11 Å². The van der Waals surface area contributed by atoms with Gasteiger partial charge in [0.15, 0.2) is 0 Å². The molecule has 1 aliphatic heterocycles. The Bertz CT molecular complexity index is 1130. The fraction of sp³-hybridized carbons (Fsp3) is 0.231. The molecule has 6 heteroatoms. The standard InChI is InChI=1S/C26H27N3O3/c1-18-6-9-22(10-7-18)25(30)29-13-12-21-11-8-20(15-24(21)29)17-28-26(31)27-16-19-4-3-5-23(14-19)32-2/h3-11,14-15H,12-13,16-17H2,1-2H3,(H2,27,28,31). The molecule has 164 valence electrons. The third kappa shape index (κ3) is 4.91. The van der Waals surface area contributed by atoms with Crippen molar-refractivity contribution in [1.82, 2.24) is 10.6 Å². The summed E-state index contributed by atoms with van der Waals surface area (Å²) in [7, 11) is 1.62. The average Bonchev–Trinajstić information content (AvgIpc) is 3.25. The van der Waals surface area contributed by atoms with Crippen LogP contribution in [0.1, 0.15) is 32.6 Å². The van der Waals surface area contributed by atoms with Crippen molar-refractivity contribution < 1.29 is 14.3 Å². The van der Waals surface area contributed by atoms with Crippen LogP contribution in [0.4, 0.5) is 10.5 Å². The van der Waals surface area contributed by atoms with Crippen molar-refractivity contribution in [3.8, 4) is 5.75 Å². The predicted octanol–water partition coefficient (Wildman–Crippen LogP) is 4.21. The van der Waals surface area contributed by atoms with E-state index < -0.39 is 0 Å². The van der Waals surface area contributed by atoms with Gasteiger partial charge in [0.1, 0.15) is 5.75 Å². The highest BCUT2D eigenvalue weighted by Crippen LogP contribution is 2.30. The molecule has 3 aromatic carbocycles. The lowest BCUT2D eigenvalue weighted by Crippen LogP contribution is -2.34. The van der Waals surface area contributed by atoms with Gasteiger partial charge >= 0.3 is 6.03 Å². The molecular weight excluding hydrogens is 402 g/mol. The smallest absolute Gasteiger partial charge is 0.315 e. The topological polar surface area (TPSA) is 70.7 Å². The van der Waals surface area contributed by atoms with Crippen molar-refractivity contribution in [1.29, 1.82) is 0 Å². The summed E-state index contributed by atoms with van der Waals surface area (Å²) in [4.78, 5) is 27.1. The van der Waals surface area contributed by atoms with Crippen molar-refractivity contribution in [3.63, 3.8) is 0 Å². The van der Waals surface area contributed by atoms with E-state index >= 15 is 0 Å². The summed E-state index contributed by atoms with van der Waals surface area (Å²) in [6.45, 7) is 3.46. The van der Waals surface area contributed by atoms with Gasteiger partial charge in [0.2, 0.25) is 0 Å². The molecule has 2 N–H and O–H groups in total. The minimum Gasteiger partial charge on any atom is -0.497 e. The normalized spacial score (nSPS) is 12.2. The SMILES string of the molecule is COc1cccc(CNC(=O)NCc2ccc3c(c2)N(C(=O)c2ccc(C)cc2)CC3)c1. The Morgan fingerprint density at radius 3 is 2.38 bits per heavy atom. The zero-order valence-electron chi connectivity index (χ0n) is 18.4. The van der Waals surface area contributed by atoms with Crippen LogP contribution in [0.25, 0.3) is 0 Å². The van der Waals surface area contributed by atoms with E-state index in [4.69, 9.17) is 4.74 Å². The number of carbonyl (C=O) groups excluding carboxylic acids is 2. The minimum atomic E-state index is -0.249. The number of urea groups is 1. The zero-order chi connectivity index (χ0) is 22.5.